The van der Waals surface area contributed by atoms with Gasteiger partial charge in [-0.3, -0.25) is 4.79 Å². The molecule has 0 aliphatic heterocycles. The molecule has 0 unspecified atom stereocenters. The zero-order valence-electron chi connectivity index (χ0n) is 17.5. The molecule has 0 radical (unpaired) electrons. The summed E-state index contributed by atoms with van der Waals surface area (Å²) in [5.74, 6) is 0.504. The summed E-state index contributed by atoms with van der Waals surface area (Å²) in [7, 11) is -0.207. The van der Waals surface area contributed by atoms with E-state index in [1.807, 2.05) is 13.8 Å². The van der Waals surface area contributed by atoms with Crippen molar-refractivity contribution in [3.8, 4) is 0 Å². The van der Waals surface area contributed by atoms with Crippen LogP contribution >= 0.6 is 0 Å². The average Bonchev–Trinajstić information content (AvgIpc) is 3.05. The Morgan fingerprint density at radius 1 is 1.10 bits per heavy atom. The quantitative estimate of drug-likeness (QED) is 0.715. The monoisotopic (exact) mass is 419 g/mol. The minimum atomic E-state index is -3.57. The van der Waals surface area contributed by atoms with Gasteiger partial charge in [-0.25, -0.2) is 8.42 Å². The number of benzene rings is 1. The molecule has 1 amide bonds. The molecule has 1 aliphatic rings. The largest absolute Gasteiger partial charge is 0.361 e. The molecule has 1 aromatic heterocycles. The van der Waals surface area contributed by atoms with Crippen LogP contribution < -0.4 is 0 Å². The fourth-order valence-corrected chi connectivity index (χ4v) is 5.25. The van der Waals surface area contributed by atoms with Crippen LogP contribution in [0.3, 0.4) is 0 Å². The van der Waals surface area contributed by atoms with Crippen LogP contribution in [-0.4, -0.2) is 48.8 Å². The molecule has 158 valence electrons. The fraction of sp³-hybridized carbons (Fsp3) is 0.524. The number of aromatic nitrogens is 1. The standard InChI is InChI=1S/C21H29N3O4S/c1-15-20(16(2)28-22-15)14-23(3)21(25)17-10-12-19(13-11-17)29(26,27)24(4)18-8-6-5-7-9-18/h10-13,18H,5-9,14H2,1-4H3. The molecule has 29 heavy (non-hydrogen) atoms. The van der Waals surface area contributed by atoms with Crippen molar-refractivity contribution >= 4 is 15.9 Å². The second kappa shape index (κ2) is 8.67. The van der Waals surface area contributed by atoms with Gasteiger partial charge in [0.05, 0.1) is 17.1 Å². The third-order valence-corrected chi connectivity index (χ3v) is 7.71. The van der Waals surface area contributed by atoms with E-state index in [-0.39, 0.29) is 16.8 Å². The normalized spacial score (nSPS) is 15.6. The van der Waals surface area contributed by atoms with Crippen molar-refractivity contribution in [1.82, 2.24) is 14.4 Å². The van der Waals surface area contributed by atoms with Crippen molar-refractivity contribution in [2.45, 2.75) is 63.4 Å². The maximum atomic E-state index is 12.9. The first kappa shape index (κ1) is 21.5. The number of sulfonamides is 1. The van der Waals surface area contributed by atoms with Crippen LogP contribution in [0, 0.1) is 13.8 Å². The van der Waals surface area contributed by atoms with Gasteiger partial charge in [0.1, 0.15) is 5.76 Å². The molecule has 0 bridgehead atoms. The molecule has 3 rings (SSSR count). The Labute approximate surface area is 172 Å². The third-order valence-electron chi connectivity index (χ3n) is 5.79. The first-order valence-corrected chi connectivity index (χ1v) is 11.4. The number of nitrogens with zero attached hydrogens (tertiary/aromatic N) is 3. The maximum Gasteiger partial charge on any atom is 0.253 e. The number of aryl methyl sites for hydroxylation is 2. The minimum absolute atomic E-state index is 0.0521. The van der Waals surface area contributed by atoms with Gasteiger partial charge in [-0.2, -0.15) is 4.31 Å². The lowest BCUT2D eigenvalue weighted by Crippen LogP contribution is -2.38. The van der Waals surface area contributed by atoms with Gasteiger partial charge in [-0.15, -0.1) is 0 Å². The Balaban J connectivity index is 1.72. The highest BCUT2D eigenvalue weighted by molar-refractivity contribution is 7.89. The molecule has 8 heteroatoms. The number of hydrogen-bond donors (Lipinski definition) is 0. The average molecular weight is 420 g/mol. The predicted molar refractivity (Wildman–Crippen MR) is 110 cm³/mol. The lowest BCUT2D eigenvalue weighted by atomic mass is 9.96. The highest BCUT2D eigenvalue weighted by atomic mass is 32.2. The Hall–Kier alpha value is -2.19. The van der Waals surface area contributed by atoms with Crippen LogP contribution in [0.4, 0.5) is 0 Å². The smallest absolute Gasteiger partial charge is 0.253 e. The first-order chi connectivity index (χ1) is 13.7. The number of amides is 1. The molecule has 7 nitrogen and oxygen atoms in total. The summed E-state index contributed by atoms with van der Waals surface area (Å²) in [6.07, 6.45) is 5.10. The second-order valence-electron chi connectivity index (χ2n) is 7.80. The zero-order chi connectivity index (χ0) is 21.2. The van der Waals surface area contributed by atoms with Crippen molar-refractivity contribution in [2.75, 3.05) is 14.1 Å². The van der Waals surface area contributed by atoms with Crippen molar-refractivity contribution in [3.05, 3.63) is 46.8 Å². The SMILES string of the molecule is Cc1noc(C)c1CN(C)C(=O)c1ccc(S(=O)(=O)N(C)C2CCCCC2)cc1. The second-order valence-corrected chi connectivity index (χ2v) is 9.80. The van der Waals surface area contributed by atoms with E-state index in [1.54, 1.807) is 31.1 Å². The van der Waals surface area contributed by atoms with E-state index in [1.165, 1.54) is 22.9 Å². The van der Waals surface area contributed by atoms with Gasteiger partial charge in [-0.1, -0.05) is 24.4 Å². The highest BCUT2D eigenvalue weighted by Gasteiger charge is 2.29. The predicted octanol–water partition coefficient (Wildman–Crippen LogP) is 3.52. The minimum Gasteiger partial charge on any atom is -0.361 e. The van der Waals surface area contributed by atoms with Gasteiger partial charge in [0.25, 0.3) is 5.91 Å². The van der Waals surface area contributed by atoms with Crippen LogP contribution in [-0.2, 0) is 16.6 Å². The molecule has 1 heterocycles. The summed E-state index contributed by atoms with van der Waals surface area (Å²) >= 11 is 0. The Morgan fingerprint density at radius 2 is 1.72 bits per heavy atom. The Kier molecular flexibility index (Phi) is 6.43. The van der Waals surface area contributed by atoms with Crippen molar-refractivity contribution in [1.29, 1.82) is 0 Å². The van der Waals surface area contributed by atoms with Crippen LogP contribution in [0.5, 0.6) is 0 Å². The zero-order valence-corrected chi connectivity index (χ0v) is 18.3. The molecule has 1 fully saturated rings. The number of carbonyl (C=O) groups is 1. The summed E-state index contributed by atoms with van der Waals surface area (Å²) in [5, 5.41) is 3.91. The van der Waals surface area contributed by atoms with Gasteiger partial charge in [-0.05, 0) is 51.0 Å². The molecule has 2 aromatic rings. The highest BCUT2D eigenvalue weighted by Crippen LogP contribution is 2.26. The summed E-state index contributed by atoms with van der Waals surface area (Å²) < 4.78 is 32.5. The van der Waals surface area contributed by atoms with Crippen molar-refractivity contribution < 1.29 is 17.7 Å². The van der Waals surface area contributed by atoms with Crippen molar-refractivity contribution in [3.63, 3.8) is 0 Å². The van der Waals surface area contributed by atoms with Gasteiger partial charge < -0.3 is 9.42 Å². The third kappa shape index (κ3) is 4.53. The molecular formula is C21H29N3O4S. The molecule has 0 saturated heterocycles. The summed E-state index contributed by atoms with van der Waals surface area (Å²) in [5.41, 5.74) is 2.09. The summed E-state index contributed by atoms with van der Waals surface area (Å²) in [6.45, 7) is 4.03. The fourth-order valence-electron chi connectivity index (χ4n) is 3.83. The molecule has 1 saturated carbocycles. The number of rotatable bonds is 6. The molecular weight excluding hydrogens is 390 g/mol. The van der Waals surface area contributed by atoms with E-state index in [4.69, 9.17) is 4.52 Å². The van der Waals surface area contributed by atoms with Crippen molar-refractivity contribution in [2.24, 2.45) is 0 Å². The van der Waals surface area contributed by atoms with Crippen LogP contribution in [0.1, 0.15) is 59.5 Å². The van der Waals surface area contributed by atoms with E-state index in [9.17, 15) is 13.2 Å². The van der Waals surface area contributed by atoms with E-state index in [2.05, 4.69) is 5.16 Å². The first-order valence-electron chi connectivity index (χ1n) is 9.97. The van der Waals surface area contributed by atoms with Gasteiger partial charge in [0, 0.05) is 31.3 Å². The molecule has 1 aromatic carbocycles. The molecule has 0 N–H and O–H groups in total. The lowest BCUT2D eigenvalue weighted by Gasteiger charge is -2.30. The number of carbonyl (C=O) groups excluding carboxylic acids is 1. The van der Waals surface area contributed by atoms with Gasteiger partial charge >= 0.3 is 0 Å². The van der Waals surface area contributed by atoms with E-state index >= 15 is 0 Å². The Morgan fingerprint density at radius 3 is 2.28 bits per heavy atom. The van der Waals surface area contributed by atoms with Crippen LogP contribution in [0.25, 0.3) is 0 Å². The van der Waals surface area contributed by atoms with Gasteiger partial charge in [0.15, 0.2) is 0 Å². The van der Waals surface area contributed by atoms with E-state index in [0.717, 1.165) is 36.9 Å². The molecule has 0 spiro atoms. The maximum absolute atomic E-state index is 12.9. The molecule has 0 atom stereocenters. The van der Waals surface area contributed by atoms with Gasteiger partial charge in [0.2, 0.25) is 10.0 Å². The van der Waals surface area contributed by atoms with E-state index in [0.29, 0.717) is 17.9 Å². The number of hydrogen-bond acceptors (Lipinski definition) is 5. The van der Waals surface area contributed by atoms with E-state index < -0.39 is 10.0 Å². The van der Waals surface area contributed by atoms with Crippen LogP contribution in [0.2, 0.25) is 0 Å². The Bertz CT molecular complexity index is 941. The lowest BCUT2D eigenvalue weighted by molar-refractivity contribution is 0.0784. The molecule has 1 aliphatic carbocycles. The van der Waals surface area contributed by atoms with Crippen LogP contribution in [0.15, 0.2) is 33.7 Å². The topological polar surface area (TPSA) is 83.7 Å². The summed E-state index contributed by atoms with van der Waals surface area (Å²) in [6, 6.07) is 6.25. The summed E-state index contributed by atoms with van der Waals surface area (Å²) in [4.78, 5) is 14.5.